The van der Waals surface area contributed by atoms with Crippen molar-refractivity contribution in [1.29, 1.82) is 0 Å². The van der Waals surface area contributed by atoms with Crippen molar-refractivity contribution in [2.45, 2.75) is 6.10 Å². The second kappa shape index (κ2) is 3.71. The molecule has 0 saturated heterocycles. The fourth-order valence-electron chi connectivity index (χ4n) is 1.21. The molecule has 0 bridgehead atoms. The summed E-state index contributed by atoms with van der Waals surface area (Å²) >= 11 is 2.14. The van der Waals surface area contributed by atoms with Crippen LogP contribution in [0.15, 0.2) is 18.2 Å². The van der Waals surface area contributed by atoms with Gasteiger partial charge in [0.15, 0.2) is 11.5 Å². The van der Waals surface area contributed by atoms with Crippen LogP contribution in [0.4, 0.5) is 0 Å². The molecule has 0 spiro atoms. The molecule has 1 N–H and O–H groups in total. The van der Waals surface area contributed by atoms with Crippen LogP contribution in [0.3, 0.4) is 0 Å². The zero-order valence-electron chi connectivity index (χ0n) is 6.87. The van der Waals surface area contributed by atoms with Gasteiger partial charge in [0.05, 0.1) is 6.10 Å². The Balaban J connectivity index is 2.30. The smallest absolute Gasteiger partial charge is 0.231 e. The third kappa shape index (κ3) is 1.73. The molecule has 0 radical (unpaired) electrons. The molecule has 0 saturated carbocycles. The highest BCUT2D eigenvalue weighted by molar-refractivity contribution is 14.1. The number of fused-ring (bicyclic) bond motifs is 1. The number of aliphatic hydroxyl groups excluding tert-OH is 1. The molecule has 1 atom stereocenters. The van der Waals surface area contributed by atoms with E-state index >= 15 is 0 Å². The van der Waals surface area contributed by atoms with Gasteiger partial charge in [-0.15, -0.1) is 0 Å². The fourth-order valence-corrected chi connectivity index (χ4v) is 1.72. The highest BCUT2D eigenvalue weighted by Gasteiger charge is 2.15. The topological polar surface area (TPSA) is 38.7 Å². The van der Waals surface area contributed by atoms with E-state index in [-0.39, 0.29) is 6.79 Å². The maximum atomic E-state index is 9.56. The first-order chi connectivity index (χ1) is 6.31. The Hall–Kier alpha value is -0.490. The minimum atomic E-state index is -0.421. The predicted molar refractivity (Wildman–Crippen MR) is 56.4 cm³/mol. The van der Waals surface area contributed by atoms with E-state index in [0.717, 1.165) is 17.1 Å². The lowest BCUT2D eigenvalue weighted by molar-refractivity contribution is 0.173. The molecule has 1 aromatic carbocycles. The van der Waals surface area contributed by atoms with Gasteiger partial charge >= 0.3 is 0 Å². The van der Waals surface area contributed by atoms with E-state index in [1.165, 1.54) is 0 Å². The molecule has 13 heavy (non-hydrogen) atoms. The van der Waals surface area contributed by atoms with Gasteiger partial charge in [0.2, 0.25) is 6.79 Å². The summed E-state index contributed by atoms with van der Waals surface area (Å²) in [7, 11) is 0. The van der Waals surface area contributed by atoms with Gasteiger partial charge in [0, 0.05) is 4.43 Å². The summed E-state index contributed by atoms with van der Waals surface area (Å²) in [5.41, 5.74) is 0.874. The quantitative estimate of drug-likeness (QED) is 0.668. The molecule has 1 aromatic rings. The van der Waals surface area contributed by atoms with Crippen molar-refractivity contribution in [3.8, 4) is 11.5 Å². The average molecular weight is 292 g/mol. The number of ether oxygens (including phenoxy) is 2. The molecule has 1 heterocycles. The molecule has 4 heteroatoms. The van der Waals surface area contributed by atoms with E-state index in [0.29, 0.717) is 4.43 Å². The van der Waals surface area contributed by atoms with Crippen molar-refractivity contribution in [2.24, 2.45) is 0 Å². The van der Waals surface area contributed by atoms with Gasteiger partial charge in [-0.1, -0.05) is 28.7 Å². The SMILES string of the molecule is O[C@H](CI)c1ccc2c(c1)OCO2. The normalized spacial score (nSPS) is 15.8. The zero-order valence-corrected chi connectivity index (χ0v) is 9.02. The van der Waals surface area contributed by atoms with E-state index < -0.39 is 6.10 Å². The Bertz CT molecular complexity index is 314. The van der Waals surface area contributed by atoms with Gasteiger partial charge in [-0.2, -0.15) is 0 Å². The van der Waals surface area contributed by atoms with E-state index in [9.17, 15) is 5.11 Å². The van der Waals surface area contributed by atoms with Crippen LogP contribution in [0.1, 0.15) is 11.7 Å². The highest BCUT2D eigenvalue weighted by Crippen LogP contribution is 2.34. The number of hydrogen-bond acceptors (Lipinski definition) is 3. The van der Waals surface area contributed by atoms with Crippen LogP contribution in [0.2, 0.25) is 0 Å². The summed E-state index contributed by atoms with van der Waals surface area (Å²) in [6, 6.07) is 5.51. The van der Waals surface area contributed by atoms with Crippen molar-refractivity contribution >= 4 is 22.6 Å². The van der Waals surface area contributed by atoms with Crippen LogP contribution in [-0.2, 0) is 0 Å². The molecular formula is C9H9IO3. The summed E-state index contributed by atoms with van der Waals surface area (Å²) in [4.78, 5) is 0. The van der Waals surface area contributed by atoms with Crippen LogP contribution < -0.4 is 9.47 Å². The molecule has 2 rings (SSSR count). The Morgan fingerprint density at radius 1 is 1.38 bits per heavy atom. The molecule has 3 nitrogen and oxygen atoms in total. The molecule has 1 aliphatic rings. The second-order valence-electron chi connectivity index (χ2n) is 2.78. The molecule has 1 aliphatic heterocycles. The van der Waals surface area contributed by atoms with E-state index in [2.05, 4.69) is 22.6 Å². The monoisotopic (exact) mass is 292 g/mol. The Morgan fingerprint density at radius 2 is 2.15 bits per heavy atom. The van der Waals surface area contributed by atoms with Crippen molar-refractivity contribution in [3.05, 3.63) is 23.8 Å². The fraction of sp³-hybridized carbons (Fsp3) is 0.333. The van der Waals surface area contributed by atoms with Crippen LogP contribution >= 0.6 is 22.6 Å². The summed E-state index contributed by atoms with van der Waals surface area (Å²) in [6.07, 6.45) is -0.421. The zero-order chi connectivity index (χ0) is 9.26. The number of benzene rings is 1. The van der Waals surface area contributed by atoms with Crippen LogP contribution in [0, 0.1) is 0 Å². The summed E-state index contributed by atoms with van der Waals surface area (Å²) < 4.78 is 11.0. The minimum Gasteiger partial charge on any atom is -0.454 e. The Morgan fingerprint density at radius 3 is 2.92 bits per heavy atom. The van der Waals surface area contributed by atoms with Gasteiger partial charge < -0.3 is 14.6 Å². The Labute approximate surface area is 89.8 Å². The largest absolute Gasteiger partial charge is 0.454 e. The molecule has 70 valence electrons. The first kappa shape index (κ1) is 9.08. The first-order valence-electron chi connectivity index (χ1n) is 3.95. The van der Waals surface area contributed by atoms with Gasteiger partial charge in [-0.25, -0.2) is 0 Å². The maximum Gasteiger partial charge on any atom is 0.231 e. The molecule has 0 aliphatic carbocycles. The minimum absolute atomic E-state index is 0.277. The molecule has 0 amide bonds. The second-order valence-corrected chi connectivity index (χ2v) is 3.66. The third-order valence-electron chi connectivity index (χ3n) is 1.93. The molecule has 0 unspecified atom stereocenters. The number of halogens is 1. The van der Waals surface area contributed by atoms with Crippen LogP contribution in [0.25, 0.3) is 0 Å². The van der Waals surface area contributed by atoms with Gasteiger partial charge in [0.25, 0.3) is 0 Å². The van der Waals surface area contributed by atoms with Gasteiger partial charge in [-0.05, 0) is 17.7 Å². The Kier molecular flexibility index (Phi) is 2.59. The molecule has 0 aromatic heterocycles. The lowest BCUT2D eigenvalue weighted by Gasteiger charge is -2.07. The lowest BCUT2D eigenvalue weighted by Crippen LogP contribution is -1.97. The van der Waals surface area contributed by atoms with E-state index in [4.69, 9.17) is 9.47 Å². The third-order valence-corrected chi connectivity index (χ3v) is 2.76. The highest BCUT2D eigenvalue weighted by atomic mass is 127. The van der Waals surface area contributed by atoms with Gasteiger partial charge in [-0.3, -0.25) is 0 Å². The number of aliphatic hydroxyl groups is 1. The van der Waals surface area contributed by atoms with Crippen molar-refractivity contribution in [1.82, 2.24) is 0 Å². The lowest BCUT2D eigenvalue weighted by atomic mass is 10.1. The van der Waals surface area contributed by atoms with Crippen molar-refractivity contribution in [3.63, 3.8) is 0 Å². The number of rotatable bonds is 2. The van der Waals surface area contributed by atoms with Crippen molar-refractivity contribution < 1.29 is 14.6 Å². The average Bonchev–Trinajstić information content (AvgIpc) is 2.63. The standard InChI is InChI=1S/C9H9IO3/c10-4-7(11)6-1-2-8-9(3-6)13-5-12-8/h1-3,7,11H,4-5H2/t7-/m1/s1. The summed E-state index contributed by atoms with van der Waals surface area (Å²) in [5, 5.41) is 9.56. The number of alkyl halides is 1. The van der Waals surface area contributed by atoms with E-state index in [1.54, 1.807) is 0 Å². The number of hydrogen-bond donors (Lipinski definition) is 1. The van der Waals surface area contributed by atoms with Crippen LogP contribution in [0.5, 0.6) is 11.5 Å². The first-order valence-corrected chi connectivity index (χ1v) is 5.47. The van der Waals surface area contributed by atoms with Crippen LogP contribution in [-0.4, -0.2) is 16.3 Å². The molecular weight excluding hydrogens is 283 g/mol. The summed E-state index contributed by atoms with van der Waals surface area (Å²) in [5.74, 6) is 1.48. The van der Waals surface area contributed by atoms with Crippen molar-refractivity contribution in [2.75, 3.05) is 11.2 Å². The maximum absolute atomic E-state index is 9.56. The van der Waals surface area contributed by atoms with E-state index in [1.807, 2.05) is 18.2 Å². The van der Waals surface area contributed by atoms with Gasteiger partial charge in [0.1, 0.15) is 0 Å². The molecule has 0 fully saturated rings. The predicted octanol–water partition coefficient (Wildman–Crippen LogP) is 1.88. The summed E-state index contributed by atoms with van der Waals surface area (Å²) in [6.45, 7) is 0.277.